The Hall–Kier alpha value is -0.940. The lowest BCUT2D eigenvalue weighted by molar-refractivity contribution is -0.371. The molecule has 0 bridgehead atoms. The molecule has 26 unspecified atom stereocenters. The van der Waals surface area contributed by atoms with Gasteiger partial charge in [-0.1, -0.05) is 39.3 Å². The molecule has 5 heterocycles. The van der Waals surface area contributed by atoms with Crippen LogP contribution in [0.5, 0.6) is 0 Å². The van der Waals surface area contributed by atoms with Crippen molar-refractivity contribution in [2.24, 2.45) is 46.3 Å². The first kappa shape index (κ1) is 46.2. The minimum Gasteiger partial charge on any atom is -0.394 e. The van der Waals surface area contributed by atoms with E-state index >= 15 is 0 Å². The highest BCUT2D eigenvalue weighted by Crippen LogP contribution is 2.70. The van der Waals surface area contributed by atoms with Gasteiger partial charge in [-0.3, -0.25) is 0 Å². The molecular formula is C45H72O17. The molecule has 8 fully saturated rings. The van der Waals surface area contributed by atoms with Gasteiger partial charge >= 0.3 is 0 Å². The zero-order valence-corrected chi connectivity index (χ0v) is 36.6. The number of fused-ring (bicyclic) bond motifs is 7. The Kier molecular flexibility index (Phi) is 12.9. The second-order valence-corrected chi connectivity index (χ2v) is 21.1. The molecule has 9 aliphatic rings. The van der Waals surface area contributed by atoms with E-state index in [1.807, 2.05) is 0 Å². The van der Waals surface area contributed by atoms with Gasteiger partial charge in [0.1, 0.15) is 67.1 Å². The average molecular weight is 885 g/mol. The lowest BCUT2D eigenvalue weighted by Crippen LogP contribution is -2.64. The van der Waals surface area contributed by atoms with Crippen molar-refractivity contribution in [1.82, 2.24) is 0 Å². The van der Waals surface area contributed by atoms with Crippen molar-refractivity contribution in [1.29, 1.82) is 0 Å². The molecule has 0 aromatic rings. The third kappa shape index (κ3) is 7.58. The molecule has 0 aromatic heterocycles. The summed E-state index contributed by atoms with van der Waals surface area (Å²) in [4.78, 5) is 0. The van der Waals surface area contributed by atoms with Crippen molar-refractivity contribution >= 4 is 0 Å². The van der Waals surface area contributed by atoms with E-state index in [0.29, 0.717) is 41.9 Å². The Bertz CT molecular complexity index is 1610. The average Bonchev–Trinajstić information content (AvgIpc) is 3.70. The Balaban J connectivity index is 0.835. The van der Waals surface area contributed by atoms with Crippen molar-refractivity contribution in [2.45, 2.75) is 203 Å². The molecule has 62 heavy (non-hydrogen) atoms. The number of hydrogen-bond donors (Lipinski definition) is 9. The van der Waals surface area contributed by atoms with Gasteiger partial charge in [-0.05, 0) is 98.7 Å². The summed E-state index contributed by atoms with van der Waals surface area (Å²) in [6, 6.07) is 0. The summed E-state index contributed by atoms with van der Waals surface area (Å²) in [5, 5.41) is 95.4. The van der Waals surface area contributed by atoms with E-state index in [1.165, 1.54) is 25.3 Å². The summed E-state index contributed by atoms with van der Waals surface area (Å²) >= 11 is 0. The number of hydrogen-bond acceptors (Lipinski definition) is 17. The van der Waals surface area contributed by atoms with Crippen molar-refractivity contribution in [3.8, 4) is 0 Å². The largest absolute Gasteiger partial charge is 0.394 e. The highest BCUT2D eigenvalue weighted by atomic mass is 16.8. The summed E-state index contributed by atoms with van der Waals surface area (Å²) in [7, 11) is 0. The standard InChI is InChI=1S/C45H72O17/c1-19-8-13-45(56-17-19)20(2)30-27(62-45)15-26-24-7-6-22-14-23(9-11-43(22,4)25(24)10-12-44(26,30)5)58-40-37(53)35(51)33(49)29(60-40)18-55-42-39(36(52)31(47)21(3)57-42)61-41-38(54)34(50)32(48)28(16-46)59-41/h6,19-21,23-42,46-54H,7-18H2,1-5H3. The highest BCUT2D eigenvalue weighted by Gasteiger charge is 2.69. The minimum atomic E-state index is -1.81. The molecule has 0 radical (unpaired) electrons. The molecule has 0 aromatic carbocycles. The fourth-order valence-corrected chi connectivity index (χ4v) is 13.9. The van der Waals surface area contributed by atoms with Gasteiger partial charge in [0, 0.05) is 12.3 Å². The van der Waals surface area contributed by atoms with Crippen LogP contribution in [0.25, 0.3) is 0 Å². The molecule has 0 amide bonds. The highest BCUT2D eigenvalue weighted by molar-refractivity contribution is 5.26. The van der Waals surface area contributed by atoms with Gasteiger partial charge in [-0.15, -0.1) is 0 Å². The fourth-order valence-electron chi connectivity index (χ4n) is 13.9. The van der Waals surface area contributed by atoms with Gasteiger partial charge in [0.05, 0.1) is 38.1 Å². The fraction of sp³-hybridized carbons (Fsp3) is 0.956. The number of rotatable bonds is 8. The smallest absolute Gasteiger partial charge is 0.187 e. The van der Waals surface area contributed by atoms with Crippen LogP contribution in [-0.4, -0.2) is 176 Å². The topological polar surface area (TPSA) is 256 Å². The van der Waals surface area contributed by atoms with E-state index in [1.54, 1.807) is 0 Å². The van der Waals surface area contributed by atoms with Crippen LogP contribution in [0, 0.1) is 46.3 Å². The zero-order valence-electron chi connectivity index (χ0n) is 36.6. The van der Waals surface area contributed by atoms with Crippen molar-refractivity contribution in [3.05, 3.63) is 11.6 Å². The van der Waals surface area contributed by atoms with Crippen molar-refractivity contribution < 1.29 is 83.9 Å². The first-order valence-electron chi connectivity index (χ1n) is 23.4. The normalized spacial score (nSPS) is 57.6. The van der Waals surface area contributed by atoms with E-state index in [-0.39, 0.29) is 23.0 Å². The molecule has 9 N–H and O–H groups in total. The van der Waals surface area contributed by atoms with E-state index in [9.17, 15) is 46.0 Å². The first-order chi connectivity index (χ1) is 29.4. The molecule has 26 atom stereocenters. The van der Waals surface area contributed by atoms with Gasteiger partial charge in [-0.25, -0.2) is 0 Å². The molecule has 5 saturated heterocycles. The van der Waals surface area contributed by atoms with E-state index in [4.69, 9.17) is 37.9 Å². The van der Waals surface area contributed by atoms with Crippen LogP contribution >= 0.6 is 0 Å². The Morgan fingerprint density at radius 2 is 1.40 bits per heavy atom. The van der Waals surface area contributed by atoms with Crippen LogP contribution in [0.4, 0.5) is 0 Å². The molecule has 354 valence electrons. The predicted molar refractivity (Wildman–Crippen MR) is 214 cm³/mol. The number of allylic oxidation sites excluding steroid dienone is 1. The quantitative estimate of drug-likeness (QED) is 0.148. The molecule has 1 spiro atoms. The molecule has 17 nitrogen and oxygen atoms in total. The lowest BCUT2D eigenvalue weighted by atomic mass is 9.47. The molecule has 3 saturated carbocycles. The van der Waals surface area contributed by atoms with E-state index in [2.05, 4.69) is 33.8 Å². The van der Waals surface area contributed by atoms with E-state index in [0.717, 1.165) is 45.1 Å². The second-order valence-electron chi connectivity index (χ2n) is 21.1. The third-order valence-electron chi connectivity index (χ3n) is 17.7. The van der Waals surface area contributed by atoms with Crippen LogP contribution in [0.15, 0.2) is 11.6 Å². The molecule has 4 aliphatic carbocycles. The molecular weight excluding hydrogens is 812 g/mol. The Morgan fingerprint density at radius 1 is 0.710 bits per heavy atom. The van der Waals surface area contributed by atoms with Gasteiger partial charge < -0.3 is 83.9 Å². The maximum absolute atomic E-state index is 11.1. The monoisotopic (exact) mass is 884 g/mol. The summed E-state index contributed by atoms with van der Waals surface area (Å²) in [6.07, 6.45) is -11.4. The maximum atomic E-state index is 11.1. The second kappa shape index (κ2) is 17.3. The van der Waals surface area contributed by atoms with Gasteiger partial charge in [0.25, 0.3) is 0 Å². The summed E-state index contributed by atoms with van der Waals surface area (Å²) in [5.74, 6) is 2.73. The SMILES string of the molecule is CC1CCC2(OC1)OC1CC3C4CC=C5CC(OC6OC(COC7OC(C)C(O)C(O)C7OC7OC(CO)C(O)C(O)C7O)C(O)C(O)C6O)CCC5(C)C4CCC3(C)C1C2C. The van der Waals surface area contributed by atoms with Crippen molar-refractivity contribution in [3.63, 3.8) is 0 Å². The third-order valence-corrected chi connectivity index (χ3v) is 17.7. The Labute approximate surface area is 363 Å². The maximum Gasteiger partial charge on any atom is 0.187 e. The minimum absolute atomic E-state index is 0.0136. The van der Waals surface area contributed by atoms with Crippen LogP contribution in [-0.2, 0) is 37.9 Å². The lowest BCUT2D eigenvalue weighted by Gasteiger charge is -2.58. The summed E-state index contributed by atoms with van der Waals surface area (Å²) in [6.45, 7) is 10.7. The number of ether oxygens (including phenoxy) is 8. The van der Waals surface area contributed by atoms with Gasteiger partial charge in [-0.2, -0.15) is 0 Å². The molecule has 5 aliphatic heterocycles. The van der Waals surface area contributed by atoms with Crippen molar-refractivity contribution in [2.75, 3.05) is 19.8 Å². The van der Waals surface area contributed by atoms with Gasteiger partial charge in [0.15, 0.2) is 24.7 Å². The Morgan fingerprint density at radius 3 is 2.10 bits per heavy atom. The van der Waals surface area contributed by atoms with Crippen LogP contribution in [0.1, 0.15) is 92.4 Å². The summed E-state index contributed by atoms with van der Waals surface area (Å²) in [5.41, 5.74) is 1.59. The molecule has 17 heteroatoms. The van der Waals surface area contributed by atoms with Crippen LogP contribution in [0.3, 0.4) is 0 Å². The predicted octanol–water partition coefficient (Wildman–Crippen LogP) is 0.214. The number of aliphatic hydroxyl groups excluding tert-OH is 9. The zero-order chi connectivity index (χ0) is 44.2. The molecule has 9 rings (SSSR count). The summed E-state index contributed by atoms with van der Waals surface area (Å²) < 4.78 is 49.0. The van der Waals surface area contributed by atoms with E-state index < -0.39 is 111 Å². The first-order valence-corrected chi connectivity index (χ1v) is 23.4. The van der Waals surface area contributed by atoms with Crippen LogP contribution in [0.2, 0.25) is 0 Å². The van der Waals surface area contributed by atoms with Gasteiger partial charge in [0.2, 0.25) is 0 Å². The number of aliphatic hydroxyl groups is 9. The van der Waals surface area contributed by atoms with Crippen LogP contribution < -0.4 is 0 Å².